The molecule has 1 aromatic heterocycles. The van der Waals surface area contributed by atoms with Crippen molar-refractivity contribution >= 4 is 11.9 Å². The summed E-state index contributed by atoms with van der Waals surface area (Å²) in [6, 6.07) is 6.85. The van der Waals surface area contributed by atoms with Gasteiger partial charge in [0, 0.05) is 6.07 Å². The highest BCUT2D eigenvalue weighted by molar-refractivity contribution is 5.88. The van der Waals surface area contributed by atoms with Gasteiger partial charge in [-0.05, 0) is 18.2 Å². The Morgan fingerprint density at radius 3 is 2.75 bits per heavy atom. The smallest absolute Gasteiger partial charge is 0.433 e. The molecule has 0 aliphatic carbocycles. The van der Waals surface area contributed by atoms with Crippen LogP contribution in [0.15, 0.2) is 34.7 Å². The van der Waals surface area contributed by atoms with Crippen molar-refractivity contribution in [1.29, 1.82) is 0 Å². The van der Waals surface area contributed by atoms with Gasteiger partial charge in [0.2, 0.25) is 12.6 Å². The van der Waals surface area contributed by atoms with Crippen LogP contribution in [-0.2, 0) is 0 Å². The average Bonchev–Trinajstić information content (AvgIpc) is 3.07. The second kappa shape index (κ2) is 4.57. The van der Waals surface area contributed by atoms with Crippen molar-refractivity contribution in [2.45, 2.75) is 0 Å². The van der Waals surface area contributed by atoms with Crippen LogP contribution in [-0.4, -0.2) is 17.7 Å². The molecule has 8 nitrogen and oxygen atoms in total. The first-order valence-electron chi connectivity index (χ1n) is 5.49. The Bertz CT molecular complexity index is 691. The van der Waals surface area contributed by atoms with E-state index in [1.54, 1.807) is 6.07 Å². The van der Waals surface area contributed by atoms with Gasteiger partial charge in [-0.3, -0.25) is 10.1 Å². The van der Waals surface area contributed by atoms with Gasteiger partial charge in [0.1, 0.15) is 10.7 Å². The predicted octanol–water partition coefficient (Wildman–Crippen LogP) is 2.14. The summed E-state index contributed by atoms with van der Waals surface area (Å²) in [5.74, 6) is -0.383. The summed E-state index contributed by atoms with van der Waals surface area (Å²) in [7, 11) is 0. The molecule has 0 fully saturated rings. The molecule has 2 heterocycles. The lowest BCUT2D eigenvalue weighted by atomic mass is 10.3. The van der Waals surface area contributed by atoms with Crippen LogP contribution in [0.4, 0.5) is 5.88 Å². The number of esters is 1. The third-order valence-corrected chi connectivity index (χ3v) is 2.53. The van der Waals surface area contributed by atoms with Crippen molar-refractivity contribution in [3.8, 4) is 17.2 Å². The van der Waals surface area contributed by atoms with Crippen molar-refractivity contribution in [3.05, 3.63) is 46.2 Å². The van der Waals surface area contributed by atoms with E-state index in [0.717, 1.165) is 6.07 Å². The number of hydrogen-bond acceptors (Lipinski definition) is 7. The van der Waals surface area contributed by atoms with Gasteiger partial charge in [-0.2, -0.15) is 0 Å². The van der Waals surface area contributed by atoms with Gasteiger partial charge in [0.05, 0.1) is 6.07 Å². The molecule has 3 rings (SSSR count). The van der Waals surface area contributed by atoms with Crippen LogP contribution in [0.1, 0.15) is 10.6 Å². The topological polar surface area (TPSA) is 101 Å². The van der Waals surface area contributed by atoms with Crippen molar-refractivity contribution in [2.24, 2.45) is 0 Å². The fourth-order valence-electron chi connectivity index (χ4n) is 1.63. The van der Waals surface area contributed by atoms with Gasteiger partial charge >= 0.3 is 11.9 Å². The zero-order valence-corrected chi connectivity index (χ0v) is 9.90. The molecule has 0 unspecified atom stereocenters. The summed E-state index contributed by atoms with van der Waals surface area (Å²) < 4.78 is 20.0. The fourth-order valence-corrected chi connectivity index (χ4v) is 1.63. The van der Waals surface area contributed by atoms with Gasteiger partial charge in [-0.25, -0.2) is 4.79 Å². The Morgan fingerprint density at radius 2 is 2.00 bits per heavy atom. The molecule has 102 valence electrons. The van der Waals surface area contributed by atoms with E-state index in [-0.39, 0.29) is 18.3 Å². The van der Waals surface area contributed by atoms with E-state index in [9.17, 15) is 14.9 Å². The van der Waals surface area contributed by atoms with E-state index in [1.165, 1.54) is 18.2 Å². The second-order valence-electron chi connectivity index (χ2n) is 3.80. The first-order chi connectivity index (χ1) is 9.63. The molecule has 1 aliphatic rings. The van der Waals surface area contributed by atoms with Gasteiger partial charge in [-0.1, -0.05) is 0 Å². The minimum atomic E-state index is -0.836. The molecule has 0 radical (unpaired) electrons. The van der Waals surface area contributed by atoms with Crippen LogP contribution in [0, 0.1) is 10.1 Å². The number of furan rings is 1. The summed E-state index contributed by atoms with van der Waals surface area (Å²) in [4.78, 5) is 21.5. The highest BCUT2D eigenvalue weighted by Crippen LogP contribution is 2.35. The van der Waals surface area contributed by atoms with E-state index >= 15 is 0 Å². The predicted molar refractivity (Wildman–Crippen MR) is 62.9 cm³/mol. The molecule has 0 saturated carbocycles. The summed E-state index contributed by atoms with van der Waals surface area (Å²) in [5, 5.41) is 10.5. The number of rotatable bonds is 3. The van der Waals surface area contributed by atoms with E-state index in [4.69, 9.17) is 18.6 Å². The van der Waals surface area contributed by atoms with Crippen LogP contribution >= 0.6 is 0 Å². The maximum absolute atomic E-state index is 11.7. The maximum Gasteiger partial charge on any atom is 0.433 e. The molecule has 0 atom stereocenters. The number of carbonyl (C=O) groups excluding carboxylic acids is 1. The van der Waals surface area contributed by atoms with E-state index < -0.39 is 16.8 Å². The Labute approximate surface area is 111 Å². The van der Waals surface area contributed by atoms with Gasteiger partial charge in [-0.15, -0.1) is 0 Å². The number of nitrogens with zero attached hydrogens (tertiary/aromatic N) is 1. The zero-order chi connectivity index (χ0) is 14.1. The molecule has 0 bridgehead atoms. The normalized spacial score (nSPS) is 12.2. The van der Waals surface area contributed by atoms with Crippen molar-refractivity contribution in [1.82, 2.24) is 0 Å². The van der Waals surface area contributed by atoms with Gasteiger partial charge < -0.3 is 18.6 Å². The highest BCUT2D eigenvalue weighted by atomic mass is 16.7. The molecular formula is C12H7NO7. The third kappa shape index (κ3) is 2.14. The number of nitro groups is 1. The Kier molecular flexibility index (Phi) is 2.75. The van der Waals surface area contributed by atoms with Gasteiger partial charge in [0.15, 0.2) is 11.5 Å². The van der Waals surface area contributed by atoms with Crippen LogP contribution < -0.4 is 14.2 Å². The van der Waals surface area contributed by atoms with Crippen LogP contribution in [0.2, 0.25) is 0 Å². The van der Waals surface area contributed by atoms with E-state index in [0.29, 0.717) is 11.5 Å². The van der Waals surface area contributed by atoms with Crippen molar-refractivity contribution < 1.29 is 28.3 Å². The summed E-state index contributed by atoms with van der Waals surface area (Å²) in [6.07, 6.45) is 0. The molecule has 2 aromatic rings. The minimum Gasteiger partial charge on any atom is -0.454 e. The van der Waals surface area contributed by atoms with E-state index in [2.05, 4.69) is 0 Å². The van der Waals surface area contributed by atoms with Crippen molar-refractivity contribution in [2.75, 3.05) is 6.79 Å². The van der Waals surface area contributed by atoms with Crippen LogP contribution in [0.5, 0.6) is 17.2 Å². The third-order valence-electron chi connectivity index (χ3n) is 2.53. The monoisotopic (exact) mass is 277 g/mol. The first-order valence-corrected chi connectivity index (χ1v) is 5.49. The molecule has 20 heavy (non-hydrogen) atoms. The number of fused-ring (bicyclic) bond motifs is 1. The zero-order valence-electron chi connectivity index (χ0n) is 9.90. The largest absolute Gasteiger partial charge is 0.454 e. The highest BCUT2D eigenvalue weighted by Gasteiger charge is 2.20. The number of hydrogen-bond donors (Lipinski definition) is 0. The summed E-state index contributed by atoms with van der Waals surface area (Å²) >= 11 is 0. The first kappa shape index (κ1) is 12.0. The average molecular weight is 277 g/mol. The lowest BCUT2D eigenvalue weighted by Crippen LogP contribution is -2.07. The lowest BCUT2D eigenvalue weighted by Gasteiger charge is -2.02. The minimum absolute atomic E-state index is 0.108. The molecule has 0 saturated heterocycles. The van der Waals surface area contributed by atoms with Crippen LogP contribution in [0.3, 0.4) is 0 Å². The number of benzene rings is 1. The van der Waals surface area contributed by atoms with Gasteiger partial charge in [0.25, 0.3) is 0 Å². The lowest BCUT2D eigenvalue weighted by molar-refractivity contribution is -0.402. The molecule has 8 heteroatoms. The molecule has 0 amide bonds. The molecule has 0 spiro atoms. The maximum atomic E-state index is 11.7. The fraction of sp³-hybridized carbons (Fsp3) is 0.0833. The SMILES string of the molecule is O=C(Oc1ccc2c(c1)OCO2)c1ccc([N+](=O)[O-])o1. The van der Waals surface area contributed by atoms with Crippen molar-refractivity contribution in [3.63, 3.8) is 0 Å². The quantitative estimate of drug-likeness (QED) is 0.366. The number of carbonyl (C=O) groups is 1. The Balaban J connectivity index is 1.76. The molecule has 1 aliphatic heterocycles. The summed E-state index contributed by atoms with van der Waals surface area (Å²) in [6.45, 7) is 0.108. The molecule has 0 N–H and O–H groups in total. The van der Waals surface area contributed by atoms with E-state index in [1.807, 2.05) is 0 Å². The standard InChI is InChI=1S/C12H7NO7/c14-12(9-3-4-11(20-9)13(15)16)19-7-1-2-8-10(5-7)18-6-17-8/h1-5H,6H2. The second-order valence-corrected chi connectivity index (χ2v) is 3.80. The molecular weight excluding hydrogens is 270 g/mol. The number of ether oxygens (including phenoxy) is 3. The Hall–Kier alpha value is -3.03. The van der Waals surface area contributed by atoms with Crippen LogP contribution in [0.25, 0.3) is 0 Å². The Morgan fingerprint density at radius 1 is 1.20 bits per heavy atom. The summed E-state index contributed by atoms with van der Waals surface area (Å²) in [5.41, 5.74) is 0. The molecule has 1 aromatic carbocycles.